The van der Waals surface area contributed by atoms with Crippen molar-refractivity contribution in [3.05, 3.63) is 42.5 Å². The van der Waals surface area contributed by atoms with Crippen molar-refractivity contribution < 1.29 is 17.9 Å². The minimum atomic E-state index is -3.86. The molecular formula is C22H25ClO4S. The maximum absolute atomic E-state index is 11.9. The summed E-state index contributed by atoms with van der Waals surface area (Å²) in [6.07, 6.45) is 0. The van der Waals surface area contributed by atoms with Crippen molar-refractivity contribution in [1.29, 1.82) is 0 Å². The van der Waals surface area contributed by atoms with Crippen LogP contribution in [0.1, 0.15) is 27.7 Å². The predicted molar refractivity (Wildman–Crippen MR) is 115 cm³/mol. The fraction of sp³-hybridized carbons (Fsp3) is 0.364. The molecule has 0 saturated carbocycles. The quantitative estimate of drug-likeness (QED) is 0.348. The highest BCUT2D eigenvalue weighted by molar-refractivity contribution is 8.13. The summed E-state index contributed by atoms with van der Waals surface area (Å²) in [6.45, 7) is 9.38. The van der Waals surface area contributed by atoms with E-state index in [9.17, 15) is 8.42 Å². The third-order valence-corrected chi connectivity index (χ3v) is 5.65. The van der Waals surface area contributed by atoms with Gasteiger partial charge in [0.25, 0.3) is 9.05 Å². The van der Waals surface area contributed by atoms with Crippen molar-refractivity contribution in [1.82, 2.24) is 0 Å². The van der Waals surface area contributed by atoms with Crippen LogP contribution in [0.5, 0.6) is 11.5 Å². The predicted octanol–water partition coefficient (Wildman–Crippen LogP) is 5.99. The van der Waals surface area contributed by atoms with Gasteiger partial charge in [0.15, 0.2) is 0 Å². The number of benzene rings is 3. The first-order chi connectivity index (χ1) is 13.2. The van der Waals surface area contributed by atoms with E-state index in [2.05, 4.69) is 27.7 Å². The molecule has 150 valence electrons. The summed E-state index contributed by atoms with van der Waals surface area (Å²) in [6, 6.07) is 12.7. The van der Waals surface area contributed by atoms with Crippen LogP contribution in [0.2, 0.25) is 0 Å². The molecule has 0 fully saturated rings. The highest BCUT2D eigenvalue weighted by atomic mass is 35.7. The van der Waals surface area contributed by atoms with Crippen molar-refractivity contribution in [2.24, 2.45) is 11.8 Å². The minimum absolute atomic E-state index is 0.0427. The van der Waals surface area contributed by atoms with E-state index < -0.39 is 9.05 Å². The summed E-state index contributed by atoms with van der Waals surface area (Å²) < 4.78 is 36.1. The zero-order valence-electron chi connectivity index (χ0n) is 16.5. The van der Waals surface area contributed by atoms with E-state index in [1.165, 1.54) is 6.07 Å². The summed E-state index contributed by atoms with van der Waals surface area (Å²) in [5.41, 5.74) is 0. The molecule has 0 radical (unpaired) electrons. The normalized spacial score (nSPS) is 12.2. The molecule has 0 bridgehead atoms. The Labute approximate surface area is 170 Å². The second-order valence-electron chi connectivity index (χ2n) is 7.76. The summed E-state index contributed by atoms with van der Waals surface area (Å²) in [5, 5.41) is 3.32. The van der Waals surface area contributed by atoms with Gasteiger partial charge in [-0.2, -0.15) is 0 Å². The van der Waals surface area contributed by atoms with E-state index in [0.717, 1.165) is 21.9 Å². The third-order valence-electron chi connectivity index (χ3n) is 4.30. The number of halogens is 1. The largest absolute Gasteiger partial charge is 0.492 e. The van der Waals surface area contributed by atoms with Gasteiger partial charge in [-0.25, -0.2) is 8.42 Å². The van der Waals surface area contributed by atoms with Crippen LogP contribution in [0.4, 0.5) is 0 Å². The van der Waals surface area contributed by atoms with Gasteiger partial charge in [0, 0.05) is 32.2 Å². The molecule has 6 heteroatoms. The van der Waals surface area contributed by atoms with Crippen LogP contribution in [-0.2, 0) is 9.05 Å². The smallest absolute Gasteiger partial charge is 0.261 e. The van der Waals surface area contributed by atoms with Gasteiger partial charge < -0.3 is 9.47 Å². The Kier molecular flexibility index (Phi) is 6.06. The molecule has 0 unspecified atom stereocenters. The molecule has 0 N–H and O–H groups in total. The lowest BCUT2D eigenvalue weighted by molar-refractivity contribution is 0.272. The average Bonchev–Trinajstić information content (AvgIpc) is 2.62. The van der Waals surface area contributed by atoms with Gasteiger partial charge in [-0.15, -0.1) is 0 Å². The van der Waals surface area contributed by atoms with E-state index >= 15 is 0 Å². The molecule has 3 aromatic rings. The molecule has 0 aromatic heterocycles. The Hall–Kier alpha value is -1.98. The fourth-order valence-electron chi connectivity index (χ4n) is 3.04. The first kappa shape index (κ1) is 20.7. The van der Waals surface area contributed by atoms with Crippen molar-refractivity contribution in [3.8, 4) is 11.5 Å². The van der Waals surface area contributed by atoms with Crippen molar-refractivity contribution >= 4 is 41.3 Å². The van der Waals surface area contributed by atoms with Crippen molar-refractivity contribution in [2.75, 3.05) is 13.2 Å². The molecule has 0 aliphatic rings. The summed E-state index contributed by atoms with van der Waals surface area (Å²) in [5.74, 6) is 2.06. The van der Waals surface area contributed by atoms with E-state index in [1.54, 1.807) is 12.1 Å². The molecule has 0 saturated heterocycles. The molecule has 0 spiro atoms. The number of ether oxygens (including phenoxy) is 2. The standard InChI is InChI=1S/C22H25ClO4S/c1-14(2)12-26-21-17-7-5-6-8-18(17)22(27-13-15(3)4)20-11-16(28(23,24)25)9-10-19(20)21/h5-11,14-15H,12-13H2,1-4H3. The first-order valence-electron chi connectivity index (χ1n) is 9.37. The average molecular weight is 421 g/mol. The lowest BCUT2D eigenvalue weighted by Crippen LogP contribution is -2.08. The first-order valence-corrected chi connectivity index (χ1v) is 11.7. The van der Waals surface area contributed by atoms with Gasteiger partial charge >= 0.3 is 0 Å². The molecule has 0 atom stereocenters. The van der Waals surface area contributed by atoms with Gasteiger partial charge in [-0.1, -0.05) is 52.0 Å². The van der Waals surface area contributed by atoms with Crippen LogP contribution in [0, 0.1) is 11.8 Å². The number of hydrogen-bond acceptors (Lipinski definition) is 4. The van der Waals surface area contributed by atoms with Gasteiger partial charge in [0.1, 0.15) is 11.5 Å². The molecule has 0 aliphatic heterocycles. The lowest BCUT2D eigenvalue weighted by Gasteiger charge is -2.19. The fourth-order valence-corrected chi connectivity index (χ4v) is 3.82. The Morgan fingerprint density at radius 3 is 1.71 bits per heavy atom. The molecule has 28 heavy (non-hydrogen) atoms. The summed E-state index contributed by atoms with van der Waals surface area (Å²) in [7, 11) is 1.74. The van der Waals surface area contributed by atoms with Crippen LogP contribution in [0.15, 0.2) is 47.4 Å². The number of hydrogen-bond donors (Lipinski definition) is 0. The van der Waals surface area contributed by atoms with Gasteiger partial charge in [-0.05, 0) is 30.0 Å². The maximum Gasteiger partial charge on any atom is 0.261 e. The monoisotopic (exact) mass is 420 g/mol. The SMILES string of the molecule is CC(C)COc1c2ccccc2c(OCC(C)C)c2cc(S(=O)(=O)Cl)ccc12. The van der Waals surface area contributed by atoms with E-state index in [4.69, 9.17) is 20.2 Å². The third kappa shape index (κ3) is 4.36. The molecule has 3 rings (SSSR count). The summed E-state index contributed by atoms with van der Waals surface area (Å²) in [4.78, 5) is 0.0427. The maximum atomic E-state index is 11.9. The van der Waals surface area contributed by atoms with E-state index in [0.29, 0.717) is 36.2 Å². The molecule has 0 amide bonds. The van der Waals surface area contributed by atoms with Crippen LogP contribution < -0.4 is 9.47 Å². The Morgan fingerprint density at radius 1 is 0.786 bits per heavy atom. The molecule has 0 aliphatic carbocycles. The zero-order valence-corrected chi connectivity index (χ0v) is 18.1. The molecular weight excluding hydrogens is 396 g/mol. The van der Waals surface area contributed by atoms with E-state index in [1.807, 2.05) is 24.3 Å². The van der Waals surface area contributed by atoms with Crippen LogP contribution >= 0.6 is 10.7 Å². The van der Waals surface area contributed by atoms with Crippen LogP contribution in [0.25, 0.3) is 21.5 Å². The Balaban J connectivity index is 2.36. The van der Waals surface area contributed by atoms with Crippen molar-refractivity contribution in [2.45, 2.75) is 32.6 Å². The topological polar surface area (TPSA) is 52.6 Å². The zero-order chi connectivity index (χ0) is 20.5. The summed E-state index contributed by atoms with van der Waals surface area (Å²) >= 11 is 0. The highest BCUT2D eigenvalue weighted by Gasteiger charge is 2.20. The second-order valence-corrected chi connectivity index (χ2v) is 10.3. The second kappa shape index (κ2) is 8.18. The molecule has 0 heterocycles. The Morgan fingerprint density at radius 2 is 1.25 bits per heavy atom. The van der Waals surface area contributed by atoms with Crippen molar-refractivity contribution in [3.63, 3.8) is 0 Å². The minimum Gasteiger partial charge on any atom is -0.492 e. The number of rotatable bonds is 7. The lowest BCUT2D eigenvalue weighted by atomic mass is 10.0. The van der Waals surface area contributed by atoms with Gasteiger partial charge in [0.05, 0.1) is 18.1 Å². The highest BCUT2D eigenvalue weighted by Crippen LogP contribution is 2.44. The van der Waals surface area contributed by atoms with E-state index in [-0.39, 0.29) is 4.90 Å². The van der Waals surface area contributed by atoms with Gasteiger partial charge in [0.2, 0.25) is 0 Å². The van der Waals surface area contributed by atoms with Crippen LogP contribution in [0.3, 0.4) is 0 Å². The molecule has 3 aromatic carbocycles. The number of fused-ring (bicyclic) bond motifs is 2. The van der Waals surface area contributed by atoms with Gasteiger partial charge in [-0.3, -0.25) is 0 Å². The van der Waals surface area contributed by atoms with Crippen LogP contribution in [-0.4, -0.2) is 21.6 Å². The Bertz CT molecular complexity index is 1100. The molecule has 4 nitrogen and oxygen atoms in total.